The molecule has 12 heteroatoms. The predicted octanol–water partition coefficient (Wildman–Crippen LogP) is 4.10. The predicted molar refractivity (Wildman–Crippen MR) is 132 cm³/mol. The molecule has 2 aromatic carbocycles. The average molecular weight is 553 g/mol. The van der Waals surface area contributed by atoms with Crippen LogP contribution < -0.4 is 19.6 Å². The molecule has 1 aliphatic heterocycles. The molecule has 37 heavy (non-hydrogen) atoms. The standard InChI is InChI=1S/C25H20ClF3N2O5S/c1-3-35-17-11-13(5-10-16(17)32)12-18-22(33)31-20(14-6-8-15(26)9-7-14)19(23(34)36-4-2)21(25(27,28)29)30-24(31)37-18/h5-12,20,32H,3-4H2,1-2H3/b18-12-/t20-/m0/s1. The lowest BCUT2D eigenvalue weighted by molar-refractivity contribution is -0.140. The fourth-order valence-electron chi connectivity index (χ4n) is 3.84. The maximum Gasteiger partial charge on any atom is 0.434 e. The van der Waals surface area contributed by atoms with E-state index in [2.05, 4.69) is 4.99 Å². The number of benzene rings is 2. The third-order valence-corrected chi connectivity index (χ3v) is 6.60. The SMILES string of the molecule is CCOC(=O)C1=C(C(F)(F)F)N=c2s/c(=C\c3ccc(O)c(OCC)c3)c(=O)n2[C@H]1c1ccc(Cl)cc1. The highest BCUT2D eigenvalue weighted by Gasteiger charge is 2.45. The Morgan fingerprint density at radius 3 is 2.51 bits per heavy atom. The number of aromatic nitrogens is 1. The largest absolute Gasteiger partial charge is 0.504 e. The molecule has 2 heterocycles. The number of fused-ring (bicyclic) bond motifs is 1. The quantitative estimate of drug-likeness (QED) is 0.465. The number of aromatic hydroxyl groups is 1. The molecule has 0 saturated heterocycles. The lowest BCUT2D eigenvalue weighted by atomic mass is 9.95. The Morgan fingerprint density at radius 2 is 1.89 bits per heavy atom. The van der Waals surface area contributed by atoms with Crippen molar-refractivity contribution >= 4 is 35.0 Å². The number of rotatable bonds is 6. The van der Waals surface area contributed by atoms with Crippen molar-refractivity contribution < 1.29 is 32.5 Å². The zero-order chi connectivity index (χ0) is 26.9. The maximum absolute atomic E-state index is 14.1. The van der Waals surface area contributed by atoms with Crippen molar-refractivity contribution in [3.63, 3.8) is 0 Å². The molecular weight excluding hydrogens is 533 g/mol. The molecule has 0 unspecified atom stereocenters. The normalized spacial score (nSPS) is 15.8. The first-order valence-electron chi connectivity index (χ1n) is 11.1. The zero-order valence-electron chi connectivity index (χ0n) is 19.5. The monoisotopic (exact) mass is 552 g/mol. The smallest absolute Gasteiger partial charge is 0.434 e. The number of nitrogens with zero attached hydrogens (tertiary/aromatic N) is 2. The van der Waals surface area contributed by atoms with Gasteiger partial charge in [0, 0.05) is 5.02 Å². The number of esters is 1. The van der Waals surface area contributed by atoms with Gasteiger partial charge in [-0.2, -0.15) is 13.2 Å². The van der Waals surface area contributed by atoms with Crippen LogP contribution in [0.4, 0.5) is 13.2 Å². The molecule has 0 saturated carbocycles. The van der Waals surface area contributed by atoms with Crippen LogP contribution in [0.15, 0.2) is 63.5 Å². The zero-order valence-corrected chi connectivity index (χ0v) is 21.1. The van der Waals surface area contributed by atoms with Crippen LogP contribution in [0.3, 0.4) is 0 Å². The van der Waals surface area contributed by atoms with E-state index in [0.717, 1.165) is 15.9 Å². The van der Waals surface area contributed by atoms with E-state index in [0.29, 0.717) is 10.6 Å². The highest BCUT2D eigenvalue weighted by molar-refractivity contribution is 7.07. The van der Waals surface area contributed by atoms with E-state index in [1.807, 2.05) is 0 Å². The van der Waals surface area contributed by atoms with E-state index in [1.54, 1.807) is 6.92 Å². The van der Waals surface area contributed by atoms with Crippen LogP contribution in [0.1, 0.15) is 31.0 Å². The van der Waals surface area contributed by atoms with Gasteiger partial charge in [0.25, 0.3) is 5.56 Å². The van der Waals surface area contributed by atoms with E-state index in [9.17, 15) is 27.9 Å². The van der Waals surface area contributed by atoms with Crippen molar-refractivity contribution in [1.29, 1.82) is 0 Å². The number of carbonyl (C=O) groups is 1. The first-order valence-corrected chi connectivity index (χ1v) is 12.3. The molecule has 0 spiro atoms. The minimum absolute atomic E-state index is 0.0671. The Morgan fingerprint density at radius 1 is 1.19 bits per heavy atom. The summed E-state index contributed by atoms with van der Waals surface area (Å²) >= 11 is 6.71. The van der Waals surface area contributed by atoms with Gasteiger partial charge in [0.15, 0.2) is 22.0 Å². The van der Waals surface area contributed by atoms with E-state index in [1.165, 1.54) is 55.5 Å². The molecule has 1 aliphatic rings. The fraction of sp³-hybridized carbons (Fsp3) is 0.240. The van der Waals surface area contributed by atoms with Crippen molar-refractivity contribution in [2.75, 3.05) is 13.2 Å². The van der Waals surface area contributed by atoms with Gasteiger partial charge in [0.1, 0.15) is 0 Å². The molecule has 1 N–H and O–H groups in total. The first-order chi connectivity index (χ1) is 17.5. The molecule has 0 amide bonds. The number of phenolic OH excluding ortho intramolecular Hbond substituents is 1. The van der Waals surface area contributed by atoms with Gasteiger partial charge in [-0.25, -0.2) is 9.79 Å². The van der Waals surface area contributed by atoms with Crippen LogP contribution in [0.2, 0.25) is 5.02 Å². The van der Waals surface area contributed by atoms with Crippen LogP contribution in [-0.2, 0) is 9.53 Å². The highest BCUT2D eigenvalue weighted by Crippen LogP contribution is 2.38. The summed E-state index contributed by atoms with van der Waals surface area (Å²) in [5.41, 5.74) is -2.19. The third kappa shape index (κ3) is 5.28. The number of phenols is 1. The number of thiazole rings is 1. The summed E-state index contributed by atoms with van der Waals surface area (Å²) in [5, 5.41) is 10.3. The summed E-state index contributed by atoms with van der Waals surface area (Å²) in [6, 6.07) is 8.74. The molecule has 0 aliphatic carbocycles. The maximum atomic E-state index is 14.1. The Balaban J connectivity index is 2.01. The molecule has 3 aromatic rings. The summed E-state index contributed by atoms with van der Waals surface area (Å²) < 4.78 is 53.8. The van der Waals surface area contributed by atoms with E-state index in [4.69, 9.17) is 21.1 Å². The van der Waals surface area contributed by atoms with E-state index < -0.39 is 35.0 Å². The minimum Gasteiger partial charge on any atom is -0.504 e. The molecule has 0 fully saturated rings. The first kappa shape index (κ1) is 26.5. The Hall–Kier alpha value is -3.57. The van der Waals surface area contributed by atoms with Gasteiger partial charge in [-0.3, -0.25) is 9.36 Å². The van der Waals surface area contributed by atoms with Crippen molar-refractivity contribution in [3.05, 3.63) is 89.6 Å². The number of hydrogen-bond acceptors (Lipinski definition) is 7. The van der Waals surface area contributed by atoms with Crippen LogP contribution in [0, 0.1) is 0 Å². The number of hydrogen-bond donors (Lipinski definition) is 1. The molecular formula is C25H20ClF3N2O5S. The second-order valence-electron chi connectivity index (χ2n) is 7.77. The van der Waals surface area contributed by atoms with Crippen LogP contribution >= 0.6 is 22.9 Å². The molecule has 1 atom stereocenters. The van der Waals surface area contributed by atoms with Crippen LogP contribution in [0.25, 0.3) is 6.08 Å². The molecule has 0 bridgehead atoms. The van der Waals surface area contributed by atoms with Gasteiger partial charge in [0.05, 0.1) is 29.4 Å². The third-order valence-electron chi connectivity index (χ3n) is 5.36. The molecule has 0 radical (unpaired) electrons. The molecule has 7 nitrogen and oxygen atoms in total. The molecule has 4 rings (SSSR count). The van der Waals surface area contributed by atoms with Gasteiger partial charge >= 0.3 is 12.1 Å². The van der Waals surface area contributed by atoms with Crippen LogP contribution in [0.5, 0.6) is 11.5 Å². The Kier molecular flexibility index (Phi) is 7.47. The number of allylic oxidation sites excluding steroid dienone is 1. The van der Waals surface area contributed by atoms with Gasteiger partial charge < -0.3 is 14.6 Å². The van der Waals surface area contributed by atoms with Crippen molar-refractivity contribution in [2.24, 2.45) is 4.99 Å². The van der Waals surface area contributed by atoms with Gasteiger partial charge in [0.2, 0.25) is 0 Å². The fourth-order valence-corrected chi connectivity index (χ4v) is 4.97. The minimum atomic E-state index is -4.99. The Labute approximate surface area is 217 Å². The average Bonchev–Trinajstić information content (AvgIpc) is 3.15. The number of carbonyl (C=O) groups excluding carboxylic acids is 1. The van der Waals surface area contributed by atoms with Crippen molar-refractivity contribution in [2.45, 2.75) is 26.1 Å². The lowest BCUT2D eigenvalue weighted by Crippen LogP contribution is -2.41. The highest BCUT2D eigenvalue weighted by atomic mass is 35.5. The van der Waals surface area contributed by atoms with E-state index >= 15 is 0 Å². The molecule has 194 valence electrons. The van der Waals surface area contributed by atoms with Crippen LogP contribution in [-0.4, -0.2) is 35.0 Å². The van der Waals surface area contributed by atoms with Gasteiger partial charge in [-0.15, -0.1) is 0 Å². The van der Waals surface area contributed by atoms with Gasteiger partial charge in [-0.1, -0.05) is 41.1 Å². The van der Waals surface area contributed by atoms with Crippen molar-refractivity contribution in [3.8, 4) is 11.5 Å². The second-order valence-corrected chi connectivity index (χ2v) is 9.22. The second kappa shape index (κ2) is 10.4. The summed E-state index contributed by atoms with van der Waals surface area (Å²) in [4.78, 5) is 29.8. The number of alkyl halides is 3. The summed E-state index contributed by atoms with van der Waals surface area (Å²) in [6.45, 7) is 3.32. The topological polar surface area (TPSA) is 90.1 Å². The van der Waals surface area contributed by atoms with Gasteiger partial charge in [-0.05, 0) is 55.3 Å². The number of ether oxygens (including phenoxy) is 2. The summed E-state index contributed by atoms with van der Waals surface area (Å²) in [5.74, 6) is -1.14. The summed E-state index contributed by atoms with van der Waals surface area (Å²) in [7, 11) is 0. The van der Waals surface area contributed by atoms with Crippen molar-refractivity contribution in [1.82, 2.24) is 4.57 Å². The lowest BCUT2D eigenvalue weighted by Gasteiger charge is -2.26. The molecule has 1 aromatic heterocycles. The summed E-state index contributed by atoms with van der Waals surface area (Å²) in [6.07, 6.45) is -3.54. The Bertz CT molecular complexity index is 1560. The number of halogens is 4. The van der Waals surface area contributed by atoms with E-state index in [-0.39, 0.29) is 39.6 Å².